The molecule has 0 spiro atoms. The van der Waals surface area contributed by atoms with Crippen LogP contribution >= 0.6 is 7.60 Å². The summed E-state index contributed by atoms with van der Waals surface area (Å²) in [6.45, 7) is 3.53. The van der Waals surface area contributed by atoms with E-state index in [4.69, 9.17) is 9.05 Å². The first kappa shape index (κ1) is 18.7. The molecule has 7 nitrogen and oxygen atoms in total. The van der Waals surface area contributed by atoms with E-state index in [1.54, 1.807) is 0 Å². The highest BCUT2D eigenvalue weighted by Crippen LogP contribution is 2.54. The van der Waals surface area contributed by atoms with E-state index in [1.807, 2.05) is 0 Å². The third kappa shape index (κ3) is 3.70. The minimum Gasteiger partial charge on any atom is -0.506 e. The summed E-state index contributed by atoms with van der Waals surface area (Å²) in [6.07, 6.45) is 1.01. The summed E-state index contributed by atoms with van der Waals surface area (Å²) in [5.41, 5.74) is -0.369. The van der Waals surface area contributed by atoms with Gasteiger partial charge in [0.15, 0.2) is 0 Å². The van der Waals surface area contributed by atoms with Gasteiger partial charge in [-0.1, -0.05) is 0 Å². The van der Waals surface area contributed by atoms with Crippen LogP contribution in [-0.2, 0) is 20.2 Å². The van der Waals surface area contributed by atoms with Crippen LogP contribution in [0.2, 0.25) is 0 Å². The minimum absolute atomic E-state index is 0.102. The van der Waals surface area contributed by atoms with Crippen molar-refractivity contribution in [2.75, 3.05) is 13.2 Å². The summed E-state index contributed by atoms with van der Waals surface area (Å²) in [5, 5.41) is 19.1. The van der Waals surface area contributed by atoms with Gasteiger partial charge in [0.25, 0.3) is 5.91 Å². The maximum atomic E-state index is 14.4. The molecule has 0 aliphatic heterocycles. The van der Waals surface area contributed by atoms with E-state index < -0.39 is 31.6 Å². The highest BCUT2D eigenvalue weighted by Gasteiger charge is 2.43. The van der Waals surface area contributed by atoms with E-state index in [0.717, 1.165) is 6.20 Å². The normalized spacial score (nSPS) is 13.1. The van der Waals surface area contributed by atoms with Gasteiger partial charge in [-0.2, -0.15) is 0 Å². The number of carbonyl (C=O) groups is 1. The number of nitrogens with zero attached hydrogens (tertiary/aromatic N) is 1. The fraction of sp³-hybridized carbons (Fsp3) is 0.538. The average Bonchev–Trinajstić information content (AvgIpc) is 2.48. The monoisotopic (exact) mass is 335 g/mol. The first-order chi connectivity index (χ1) is 10.3. The van der Waals surface area contributed by atoms with Crippen LogP contribution in [0.25, 0.3) is 0 Å². The molecule has 1 rings (SSSR count). The van der Waals surface area contributed by atoms with Crippen molar-refractivity contribution in [1.29, 1.82) is 0 Å². The second-order valence-corrected chi connectivity index (χ2v) is 6.37. The van der Waals surface area contributed by atoms with Crippen molar-refractivity contribution in [1.82, 2.24) is 4.98 Å². The molecule has 0 saturated carbocycles. The Hall–Kier alpha value is -1.34. The third-order valence-corrected chi connectivity index (χ3v) is 4.90. The van der Waals surface area contributed by atoms with Crippen LogP contribution in [0.15, 0.2) is 6.20 Å². The van der Waals surface area contributed by atoms with Gasteiger partial charge in [-0.05, 0) is 20.8 Å². The van der Waals surface area contributed by atoms with Crippen molar-refractivity contribution in [2.24, 2.45) is 0 Å². The number of aryl methyl sites for hydroxylation is 1. The van der Waals surface area contributed by atoms with Crippen molar-refractivity contribution >= 4 is 13.4 Å². The average molecular weight is 335 g/mol. The number of alkyl halides is 1. The summed E-state index contributed by atoms with van der Waals surface area (Å²) in [5.74, 6) is -4.21. The molecule has 0 aliphatic carbocycles. The molecule has 2 N–H and O–H groups in total. The Kier molecular flexibility index (Phi) is 6.62. The number of hydrogen-bond donors (Lipinski definition) is 2. The number of ketones is 1. The molecule has 0 aliphatic rings. The Labute approximate surface area is 127 Å². The molecule has 1 aromatic rings. The standard InChI is InChI=1S/C13H19FNO6P/c1-4-20-22(19,21-5-2)13(14)12(18)9-6-15-8(3)11(17)10(9)7-16/h6,13,16-17H,4-5,7H2,1-3H3. The number of hydrogen-bond acceptors (Lipinski definition) is 7. The predicted molar refractivity (Wildman–Crippen MR) is 76.6 cm³/mol. The van der Waals surface area contributed by atoms with E-state index in [9.17, 15) is 24.0 Å². The number of Topliss-reactive ketones (excluding diaryl/α,β-unsaturated/α-hetero) is 1. The van der Waals surface area contributed by atoms with Crippen LogP contribution in [-0.4, -0.2) is 40.1 Å². The second-order valence-electron chi connectivity index (χ2n) is 4.32. The summed E-state index contributed by atoms with van der Waals surface area (Å²) >= 11 is 0. The topological polar surface area (TPSA) is 106 Å². The number of halogens is 1. The fourth-order valence-electron chi connectivity index (χ4n) is 1.82. The summed E-state index contributed by atoms with van der Waals surface area (Å²) in [4.78, 5) is 16.0. The van der Waals surface area contributed by atoms with Gasteiger partial charge in [-0.3, -0.25) is 14.3 Å². The molecule has 1 atom stereocenters. The highest BCUT2D eigenvalue weighted by molar-refractivity contribution is 7.55. The maximum Gasteiger partial charge on any atom is 0.372 e. The smallest absolute Gasteiger partial charge is 0.372 e. The summed E-state index contributed by atoms with van der Waals surface area (Å²) < 4.78 is 36.3. The van der Waals surface area contributed by atoms with Crippen molar-refractivity contribution in [3.63, 3.8) is 0 Å². The van der Waals surface area contributed by atoms with Gasteiger partial charge in [-0.25, -0.2) is 4.39 Å². The SMILES string of the molecule is CCOP(=O)(OCC)C(F)C(=O)c1cnc(C)c(O)c1CO. The van der Waals surface area contributed by atoms with Crippen LogP contribution in [0, 0.1) is 6.92 Å². The molecule has 0 saturated heterocycles. The van der Waals surface area contributed by atoms with Crippen LogP contribution in [0.5, 0.6) is 5.75 Å². The van der Waals surface area contributed by atoms with Gasteiger partial charge < -0.3 is 19.3 Å². The molecule has 0 amide bonds. The molecular formula is C13H19FNO6P. The first-order valence-electron chi connectivity index (χ1n) is 6.67. The molecular weight excluding hydrogens is 316 g/mol. The molecule has 0 radical (unpaired) electrons. The Balaban J connectivity index is 3.25. The van der Waals surface area contributed by atoms with E-state index >= 15 is 0 Å². The third-order valence-electron chi connectivity index (χ3n) is 2.88. The van der Waals surface area contributed by atoms with Gasteiger partial charge >= 0.3 is 7.60 Å². The molecule has 1 heterocycles. The number of carbonyl (C=O) groups excluding carboxylic acids is 1. The van der Waals surface area contributed by atoms with Crippen LogP contribution in [0.3, 0.4) is 0 Å². The maximum absolute atomic E-state index is 14.4. The lowest BCUT2D eigenvalue weighted by Gasteiger charge is -2.20. The lowest BCUT2D eigenvalue weighted by Crippen LogP contribution is -2.21. The van der Waals surface area contributed by atoms with Crippen LogP contribution in [0.1, 0.15) is 35.5 Å². The number of aliphatic hydroxyl groups excluding tert-OH is 1. The van der Waals surface area contributed by atoms with Crippen molar-refractivity contribution in [3.05, 3.63) is 23.0 Å². The van der Waals surface area contributed by atoms with Gasteiger partial charge in [0, 0.05) is 17.3 Å². The molecule has 22 heavy (non-hydrogen) atoms. The minimum atomic E-state index is -4.30. The van der Waals surface area contributed by atoms with Crippen molar-refractivity contribution in [3.8, 4) is 5.75 Å². The molecule has 0 aromatic carbocycles. The van der Waals surface area contributed by atoms with Gasteiger partial charge in [0.05, 0.1) is 25.5 Å². The lowest BCUT2D eigenvalue weighted by atomic mass is 10.1. The Morgan fingerprint density at radius 3 is 2.41 bits per heavy atom. The fourth-order valence-corrected chi connectivity index (χ4v) is 3.30. The molecule has 0 fully saturated rings. The van der Waals surface area contributed by atoms with Crippen molar-refractivity contribution in [2.45, 2.75) is 33.3 Å². The molecule has 1 aromatic heterocycles. The lowest BCUT2D eigenvalue weighted by molar-refractivity contribution is 0.0891. The molecule has 0 bridgehead atoms. The number of rotatable bonds is 8. The molecule has 124 valence electrons. The number of aromatic hydroxyl groups is 1. The van der Waals surface area contributed by atoms with Gasteiger partial charge in [-0.15, -0.1) is 0 Å². The van der Waals surface area contributed by atoms with Gasteiger partial charge in [0.2, 0.25) is 5.78 Å². The highest BCUT2D eigenvalue weighted by atomic mass is 31.2. The molecule has 9 heteroatoms. The van der Waals surface area contributed by atoms with E-state index in [1.165, 1.54) is 20.8 Å². The Morgan fingerprint density at radius 2 is 1.95 bits per heavy atom. The van der Waals surface area contributed by atoms with E-state index in [0.29, 0.717) is 0 Å². The number of aliphatic hydroxyl groups is 1. The predicted octanol–water partition coefficient (Wildman–Crippen LogP) is 2.33. The Morgan fingerprint density at radius 1 is 1.41 bits per heavy atom. The molecule has 1 unspecified atom stereocenters. The van der Waals surface area contributed by atoms with Crippen LogP contribution in [0.4, 0.5) is 4.39 Å². The zero-order valence-corrected chi connectivity index (χ0v) is 13.5. The quantitative estimate of drug-likeness (QED) is 0.555. The van der Waals surface area contributed by atoms with Gasteiger partial charge in [0.1, 0.15) is 5.75 Å². The van der Waals surface area contributed by atoms with E-state index in [2.05, 4.69) is 4.98 Å². The zero-order valence-electron chi connectivity index (χ0n) is 12.6. The van der Waals surface area contributed by atoms with E-state index in [-0.39, 0.29) is 30.0 Å². The van der Waals surface area contributed by atoms with Crippen LogP contribution < -0.4 is 0 Å². The zero-order chi connectivity index (χ0) is 16.9. The largest absolute Gasteiger partial charge is 0.506 e. The van der Waals surface area contributed by atoms with Crippen molar-refractivity contribution < 1.29 is 33.0 Å². The summed E-state index contributed by atoms with van der Waals surface area (Å²) in [6, 6.07) is 0. The summed E-state index contributed by atoms with van der Waals surface area (Å²) in [7, 11) is -4.30. The number of aromatic nitrogens is 1. The second kappa shape index (κ2) is 7.78. The Bertz CT molecular complexity index is 584. The number of pyridine rings is 1. The first-order valence-corrected chi connectivity index (χ1v) is 8.28.